The Hall–Kier alpha value is 0.326. The minimum absolute atomic E-state index is 0. The van der Waals surface area contributed by atoms with Gasteiger partial charge in [0.25, 0.3) is 0 Å². The molecule has 1 heterocycles. The van der Waals surface area contributed by atoms with Gasteiger partial charge in [0.2, 0.25) is 0 Å². The molecular weight excluding hydrogens is 165 g/mol. The molecule has 0 aliphatic heterocycles. The molecule has 3 heteroatoms. The zero-order valence-electron chi connectivity index (χ0n) is 6.66. The molecule has 0 aliphatic rings. The van der Waals surface area contributed by atoms with E-state index in [0.717, 1.165) is 11.1 Å². The first kappa shape index (κ1) is 11.3. The van der Waals surface area contributed by atoms with Crippen LogP contribution in [0.4, 0.5) is 0 Å². The Labute approximate surface area is 108 Å². The second-order valence-corrected chi connectivity index (χ2v) is 1.75. The molecule has 0 radical (unpaired) electrons. The summed E-state index contributed by atoms with van der Waals surface area (Å²) in [7, 11) is 0. The number of oxazole rings is 1. The monoisotopic (exact) mass is 172 g/mol. The average molecular weight is 172 g/mol. The number of benzene rings is 1. The molecule has 0 atom stereocenters. The standard InChI is InChI=1S/C7H4NO.CH3.K/c1-2-4-7-6(3-1)8-5-9-7;;/h2-5H;1H3;/q2*-1;+1. The Morgan fingerprint density at radius 3 is 3.00 bits per heavy atom. The number of nitrogens with zero attached hydrogens (tertiary/aromatic N) is 1. The van der Waals surface area contributed by atoms with Gasteiger partial charge in [0.1, 0.15) is 0 Å². The Balaban J connectivity index is 0.000000500. The normalized spacial score (nSPS) is 8.36. The van der Waals surface area contributed by atoms with Crippen LogP contribution in [0.25, 0.3) is 11.1 Å². The zero-order valence-corrected chi connectivity index (χ0v) is 9.79. The van der Waals surface area contributed by atoms with Crippen molar-refractivity contribution in [3.05, 3.63) is 38.1 Å². The number of hydrogen-bond acceptors (Lipinski definition) is 2. The number of aromatic nitrogens is 1. The first-order chi connectivity index (χ1) is 4.47. The Kier molecular flexibility index (Phi) is 5.21. The molecule has 2 nitrogen and oxygen atoms in total. The average Bonchev–Trinajstić information content (AvgIpc) is 2.33. The van der Waals surface area contributed by atoms with E-state index in [9.17, 15) is 0 Å². The van der Waals surface area contributed by atoms with Crippen LogP contribution in [0.1, 0.15) is 0 Å². The Morgan fingerprint density at radius 1 is 1.45 bits per heavy atom. The first-order valence-electron chi connectivity index (χ1n) is 2.66. The van der Waals surface area contributed by atoms with Gasteiger partial charge in [-0.2, -0.15) is 12.1 Å². The van der Waals surface area contributed by atoms with E-state index in [-0.39, 0.29) is 58.8 Å². The third-order valence-corrected chi connectivity index (χ3v) is 1.17. The predicted octanol–water partition coefficient (Wildman–Crippen LogP) is -0.918. The van der Waals surface area contributed by atoms with Crippen LogP contribution in [0.15, 0.2) is 29.0 Å². The summed E-state index contributed by atoms with van der Waals surface area (Å²) in [4.78, 5) is 3.92. The van der Waals surface area contributed by atoms with Gasteiger partial charge in [-0.1, -0.05) is 0 Å². The molecule has 0 aliphatic carbocycles. The van der Waals surface area contributed by atoms with Crippen molar-refractivity contribution in [2.24, 2.45) is 0 Å². The van der Waals surface area contributed by atoms with E-state index in [2.05, 4.69) is 11.1 Å². The fraction of sp³-hybridized carbons (Fsp3) is 0. The van der Waals surface area contributed by atoms with Crippen LogP contribution < -0.4 is 51.4 Å². The molecule has 0 amide bonds. The van der Waals surface area contributed by atoms with Crippen LogP contribution in [0.3, 0.4) is 0 Å². The van der Waals surface area contributed by atoms with Crippen LogP contribution in [0.2, 0.25) is 0 Å². The SMILES string of the molecule is [CH3-].[K+].[c-]1ccc2ocnc2c1. The molecule has 0 saturated heterocycles. The first-order valence-corrected chi connectivity index (χ1v) is 2.66. The van der Waals surface area contributed by atoms with Crippen molar-refractivity contribution in [2.75, 3.05) is 0 Å². The smallest absolute Gasteiger partial charge is 0.470 e. The third kappa shape index (κ3) is 2.38. The zero-order chi connectivity index (χ0) is 6.10. The summed E-state index contributed by atoms with van der Waals surface area (Å²) >= 11 is 0. The maximum atomic E-state index is 4.99. The van der Waals surface area contributed by atoms with Gasteiger partial charge in [0.05, 0.1) is 0 Å². The van der Waals surface area contributed by atoms with Gasteiger partial charge in [-0.15, -0.1) is 12.1 Å². The van der Waals surface area contributed by atoms with Crippen molar-refractivity contribution < 1.29 is 55.8 Å². The molecule has 52 valence electrons. The minimum atomic E-state index is 0. The van der Waals surface area contributed by atoms with Gasteiger partial charge >= 0.3 is 51.4 Å². The maximum absolute atomic E-state index is 4.99. The summed E-state index contributed by atoms with van der Waals surface area (Å²) in [6.07, 6.45) is 1.43. The molecule has 0 saturated carbocycles. The fourth-order valence-electron chi connectivity index (χ4n) is 0.748. The van der Waals surface area contributed by atoms with Gasteiger partial charge in [-0.25, -0.2) is 0 Å². The topological polar surface area (TPSA) is 26.0 Å². The summed E-state index contributed by atoms with van der Waals surface area (Å²) in [6.45, 7) is 0. The van der Waals surface area contributed by atoms with E-state index in [1.165, 1.54) is 6.39 Å². The molecule has 1 aromatic heterocycles. The van der Waals surface area contributed by atoms with E-state index in [1.54, 1.807) is 12.1 Å². The molecule has 11 heavy (non-hydrogen) atoms. The summed E-state index contributed by atoms with van der Waals surface area (Å²) in [6, 6.07) is 8.32. The van der Waals surface area contributed by atoms with Gasteiger partial charge in [-0.05, 0) is 5.52 Å². The second kappa shape index (κ2) is 5.06. The largest absolute Gasteiger partial charge is 1.00 e. The van der Waals surface area contributed by atoms with Crippen LogP contribution >= 0.6 is 0 Å². The summed E-state index contributed by atoms with van der Waals surface area (Å²) in [5, 5.41) is 0. The van der Waals surface area contributed by atoms with Gasteiger partial charge in [0, 0.05) is 5.58 Å². The van der Waals surface area contributed by atoms with Gasteiger partial charge in [-0.3, -0.25) is 4.98 Å². The van der Waals surface area contributed by atoms with Gasteiger partial charge < -0.3 is 11.8 Å². The molecule has 1 aromatic carbocycles. The van der Waals surface area contributed by atoms with E-state index in [1.807, 2.05) is 6.07 Å². The van der Waals surface area contributed by atoms with Crippen molar-refractivity contribution in [1.29, 1.82) is 0 Å². The van der Waals surface area contributed by atoms with Gasteiger partial charge in [0.15, 0.2) is 6.39 Å². The Bertz CT molecular complexity index is 288. The second-order valence-electron chi connectivity index (χ2n) is 1.75. The summed E-state index contributed by atoms with van der Waals surface area (Å²) in [5.74, 6) is 0. The van der Waals surface area contributed by atoms with Crippen LogP contribution in [-0.2, 0) is 0 Å². The van der Waals surface area contributed by atoms with Crippen LogP contribution in [0, 0.1) is 13.5 Å². The predicted molar refractivity (Wildman–Crippen MR) is 39.3 cm³/mol. The molecular formula is C8H7KNO-. The number of fused-ring (bicyclic) bond motifs is 1. The van der Waals surface area contributed by atoms with Crippen molar-refractivity contribution in [3.63, 3.8) is 0 Å². The molecule has 2 aromatic rings. The van der Waals surface area contributed by atoms with E-state index in [0.29, 0.717) is 0 Å². The van der Waals surface area contributed by atoms with Crippen molar-refractivity contribution in [1.82, 2.24) is 4.98 Å². The van der Waals surface area contributed by atoms with Crippen molar-refractivity contribution >= 4 is 11.1 Å². The maximum Gasteiger partial charge on any atom is 1.00 e. The number of hydrogen-bond donors (Lipinski definition) is 0. The molecule has 0 N–H and O–H groups in total. The molecule has 0 fully saturated rings. The quantitative estimate of drug-likeness (QED) is 0.379. The fourth-order valence-corrected chi connectivity index (χ4v) is 0.748. The molecule has 0 bridgehead atoms. The molecule has 0 spiro atoms. The molecule has 0 unspecified atom stereocenters. The van der Waals surface area contributed by atoms with E-state index >= 15 is 0 Å². The van der Waals surface area contributed by atoms with Crippen molar-refractivity contribution in [3.8, 4) is 0 Å². The summed E-state index contributed by atoms with van der Waals surface area (Å²) in [5.41, 5.74) is 1.67. The van der Waals surface area contributed by atoms with Crippen LogP contribution in [0.5, 0.6) is 0 Å². The van der Waals surface area contributed by atoms with E-state index < -0.39 is 0 Å². The van der Waals surface area contributed by atoms with Crippen molar-refractivity contribution in [2.45, 2.75) is 0 Å². The third-order valence-electron chi connectivity index (χ3n) is 1.17. The number of rotatable bonds is 0. The minimum Gasteiger partial charge on any atom is -0.470 e. The Morgan fingerprint density at radius 2 is 2.27 bits per heavy atom. The molecule has 2 rings (SSSR count). The van der Waals surface area contributed by atoms with E-state index in [4.69, 9.17) is 4.42 Å². The van der Waals surface area contributed by atoms with Crippen LogP contribution in [-0.4, -0.2) is 4.98 Å². The summed E-state index contributed by atoms with van der Waals surface area (Å²) < 4.78 is 4.99.